The Labute approximate surface area is 143 Å². The molecule has 0 bridgehead atoms. The fourth-order valence-corrected chi connectivity index (χ4v) is 2.58. The Bertz CT molecular complexity index is 667. The maximum atomic E-state index is 12.9. The minimum Gasteiger partial charge on any atom is -0.495 e. The quantitative estimate of drug-likeness (QED) is 0.793. The van der Waals surface area contributed by atoms with Gasteiger partial charge in [0.2, 0.25) is 0 Å². The fourth-order valence-electron chi connectivity index (χ4n) is 2.58. The monoisotopic (exact) mass is 327 g/mol. The molecule has 128 valence electrons. The van der Waals surface area contributed by atoms with Crippen LogP contribution in [0.4, 0.5) is 11.5 Å². The van der Waals surface area contributed by atoms with Crippen LogP contribution < -0.4 is 10.1 Å². The van der Waals surface area contributed by atoms with Crippen LogP contribution in [0.1, 0.15) is 37.0 Å². The van der Waals surface area contributed by atoms with Crippen LogP contribution in [0.2, 0.25) is 0 Å². The molecule has 1 aromatic carbocycles. The van der Waals surface area contributed by atoms with Crippen LogP contribution in [0.25, 0.3) is 0 Å². The van der Waals surface area contributed by atoms with Crippen molar-refractivity contribution in [2.45, 2.75) is 26.7 Å². The zero-order chi connectivity index (χ0) is 17.4. The number of methoxy groups -OCH3 is 1. The maximum Gasteiger partial charge on any atom is 0.257 e. The molecule has 1 heterocycles. The number of amides is 1. The SMILES string of the molecule is CCCN(CCC)C(=O)c1cccnc1Nc1ccccc1OC. The molecule has 1 aromatic heterocycles. The van der Waals surface area contributed by atoms with Crippen LogP contribution in [0.5, 0.6) is 5.75 Å². The van der Waals surface area contributed by atoms with Gasteiger partial charge in [0.15, 0.2) is 0 Å². The third-order valence-electron chi connectivity index (χ3n) is 3.67. The predicted octanol–water partition coefficient (Wildman–Crippen LogP) is 4.10. The van der Waals surface area contributed by atoms with Gasteiger partial charge >= 0.3 is 0 Å². The van der Waals surface area contributed by atoms with Gasteiger partial charge in [0.25, 0.3) is 5.91 Å². The Kier molecular flexibility index (Phi) is 6.61. The second kappa shape index (κ2) is 8.91. The number of aromatic nitrogens is 1. The van der Waals surface area contributed by atoms with E-state index in [-0.39, 0.29) is 5.91 Å². The van der Waals surface area contributed by atoms with E-state index < -0.39 is 0 Å². The first-order chi connectivity index (χ1) is 11.7. The highest BCUT2D eigenvalue weighted by molar-refractivity contribution is 5.99. The second-order valence-electron chi connectivity index (χ2n) is 5.52. The van der Waals surface area contributed by atoms with Crippen LogP contribution >= 0.6 is 0 Å². The fraction of sp³-hybridized carbons (Fsp3) is 0.368. The van der Waals surface area contributed by atoms with Crippen LogP contribution in [0.15, 0.2) is 42.6 Å². The second-order valence-corrected chi connectivity index (χ2v) is 5.52. The number of rotatable bonds is 8. The van der Waals surface area contributed by atoms with Gasteiger partial charge < -0.3 is 15.0 Å². The van der Waals surface area contributed by atoms with Crippen molar-refractivity contribution in [3.63, 3.8) is 0 Å². The summed E-state index contributed by atoms with van der Waals surface area (Å²) in [5, 5.41) is 3.23. The van der Waals surface area contributed by atoms with Crippen LogP contribution in [-0.4, -0.2) is 36.0 Å². The molecule has 1 N–H and O–H groups in total. The summed E-state index contributed by atoms with van der Waals surface area (Å²) in [4.78, 5) is 19.1. The highest BCUT2D eigenvalue weighted by Crippen LogP contribution is 2.28. The molecule has 24 heavy (non-hydrogen) atoms. The molecule has 2 aromatic rings. The van der Waals surface area contributed by atoms with Gasteiger partial charge in [-0.15, -0.1) is 0 Å². The molecule has 1 amide bonds. The number of nitrogens with one attached hydrogen (secondary N) is 1. The first-order valence-corrected chi connectivity index (χ1v) is 8.35. The Morgan fingerprint density at radius 2 is 1.83 bits per heavy atom. The molecule has 0 saturated carbocycles. The zero-order valence-electron chi connectivity index (χ0n) is 14.6. The molecule has 0 spiro atoms. The average Bonchev–Trinajstić information content (AvgIpc) is 2.62. The summed E-state index contributed by atoms with van der Waals surface area (Å²) in [7, 11) is 1.62. The highest BCUT2D eigenvalue weighted by Gasteiger charge is 2.19. The van der Waals surface area contributed by atoms with E-state index in [2.05, 4.69) is 24.1 Å². The van der Waals surface area contributed by atoms with Gasteiger partial charge in [-0.1, -0.05) is 26.0 Å². The number of para-hydroxylation sites is 2. The number of ether oxygens (including phenoxy) is 1. The topological polar surface area (TPSA) is 54.5 Å². The lowest BCUT2D eigenvalue weighted by molar-refractivity contribution is 0.0756. The number of anilines is 2. The van der Waals surface area contributed by atoms with E-state index in [1.807, 2.05) is 35.2 Å². The van der Waals surface area contributed by atoms with Crippen LogP contribution in [0.3, 0.4) is 0 Å². The van der Waals surface area contributed by atoms with Gasteiger partial charge in [0.05, 0.1) is 18.4 Å². The van der Waals surface area contributed by atoms with Crippen LogP contribution in [-0.2, 0) is 0 Å². The molecule has 5 nitrogen and oxygen atoms in total. The normalized spacial score (nSPS) is 10.3. The van der Waals surface area contributed by atoms with Crippen LogP contribution in [0, 0.1) is 0 Å². The summed E-state index contributed by atoms with van der Waals surface area (Å²) in [5.74, 6) is 1.26. The van der Waals surface area contributed by atoms with Gasteiger partial charge in [-0.2, -0.15) is 0 Å². The molecule has 0 atom stereocenters. The van der Waals surface area contributed by atoms with E-state index in [0.29, 0.717) is 17.1 Å². The Hall–Kier alpha value is -2.56. The minimum absolute atomic E-state index is 0.00389. The molecule has 0 aliphatic carbocycles. The minimum atomic E-state index is 0.00389. The van der Waals surface area contributed by atoms with Crippen molar-refractivity contribution in [3.05, 3.63) is 48.2 Å². The Balaban J connectivity index is 2.31. The predicted molar refractivity (Wildman–Crippen MR) is 97.0 cm³/mol. The third kappa shape index (κ3) is 4.25. The first kappa shape index (κ1) is 17.8. The highest BCUT2D eigenvalue weighted by atomic mass is 16.5. The number of pyridine rings is 1. The van der Waals surface area contributed by atoms with E-state index >= 15 is 0 Å². The standard InChI is InChI=1S/C19H25N3O2/c1-4-13-22(14-5-2)19(23)15-9-8-12-20-18(15)21-16-10-6-7-11-17(16)24-3/h6-12H,4-5,13-14H2,1-3H3,(H,20,21). The average molecular weight is 327 g/mol. The summed E-state index contributed by atoms with van der Waals surface area (Å²) < 4.78 is 5.36. The van der Waals surface area contributed by atoms with Gasteiger partial charge in [-0.3, -0.25) is 4.79 Å². The lowest BCUT2D eigenvalue weighted by Crippen LogP contribution is -2.33. The van der Waals surface area contributed by atoms with E-state index in [1.165, 1.54) is 0 Å². The number of carbonyl (C=O) groups is 1. The molecule has 0 aliphatic rings. The zero-order valence-corrected chi connectivity index (χ0v) is 14.6. The van der Waals surface area contributed by atoms with E-state index in [9.17, 15) is 4.79 Å². The van der Waals surface area contributed by atoms with Gasteiger partial charge in [0.1, 0.15) is 11.6 Å². The van der Waals surface area contributed by atoms with Gasteiger partial charge in [0, 0.05) is 19.3 Å². The molecule has 0 saturated heterocycles. The molecule has 0 fully saturated rings. The lowest BCUT2D eigenvalue weighted by Gasteiger charge is -2.22. The molecule has 0 unspecified atom stereocenters. The molecule has 0 radical (unpaired) electrons. The lowest BCUT2D eigenvalue weighted by atomic mass is 10.2. The van der Waals surface area contributed by atoms with Crippen molar-refractivity contribution in [3.8, 4) is 5.75 Å². The van der Waals surface area contributed by atoms with E-state index in [4.69, 9.17) is 4.74 Å². The number of hydrogen-bond donors (Lipinski definition) is 1. The number of benzene rings is 1. The van der Waals surface area contributed by atoms with Gasteiger partial charge in [-0.25, -0.2) is 4.98 Å². The molecule has 0 aliphatic heterocycles. The molecule has 2 rings (SSSR count). The van der Waals surface area contributed by atoms with Crippen molar-refractivity contribution in [2.24, 2.45) is 0 Å². The van der Waals surface area contributed by atoms with Crippen molar-refractivity contribution in [1.29, 1.82) is 0 Å². The van der Waals surface area contributed by atoms with E-state index in [0.717, 1.165) is 31.6 Å². The van der Waals surface area contributed by atoms with Crippen molar-refractivity contribution in [2.75, 3.05) is 25.5 Å². The molecule has 5 heteroatoms. The van der Waals surface area contributed by atoms with Gasteiger partial charge in [-0.05, 0) is 37.1 Å². The smallest absolute Gasteiger partial charge is 0.257 e. The number of hydrogen-bond acceptors (Lipinski definition) is 4. The number of nitrogens with zero attached hydrogens (tertiary/aromatic N) is 2. The Morgan fingerprint density at radius 3 is 2.50 bits per heavy atom. The summed E-state index contributed by atoms with van der Waals surface area (Å²) >= 11 is 0. The summed E-state index contributed by atoms with van der Waals surface area (Å²) in [6.07, 6.45) is 3.54. The van der Waals surface area contributed by atoms with E-state index in [1.54, 1.807) is 19.4 Å². The summed E-state index contributed by atoms with van der Waals surface area (Å²) in [6.45, 7) is 5.64. The number of carbonyl (C=O) groups excluding carboxylic acids is 1. The Morgan fingerprint density at radius 1 is 1.12 bits per heavy atom. The molecular weight excluding hydrogens is 302 g/mol. The maximum absolute atomic E-state index is 12.9. The summed E-state index contributed by atoms with van der Waals surface area (Å²) in [5.41, 5.74) is 1.36. The summed E-state index contributed by atoms with van der Waals surface area (Å²) in [6, 6.07) is 11.2. The molecular formula is C19H25N3O2. The van der Waals surface area contributed by atoms with Crippen molar-refractivity contribution >= 4 is 17.4 Å². The first-order valence-electron chi connectivity index (χ1n) is 8.35. The third-order valence-corrected chi connectivity index (χ3v) is 3.67. The van der Waals surface area contributed by atoms with Crippen molar-refractivity contribution in [1.82, 2.24) is 9.88 Å². The largest absolute Gasteiger partial charge is 0.495 e. The van der Waals surface area contributed by atoms with Crippen molar-refractivity contribution < 1.29 is 9.53 Å².